The fraction of sp³-hybridized carbons (Fsp3) is 0.200. The third-order valence-electron chi connectivity index (χ3n) is 3.78. The highest BCUT2D eigenvalue weighted by Crippen LogP contribution is 2.28. The summed E-state index contributed by atoms with van der Waals surface area (Å²) >= 11 is 0. The van der Waals surface area contributed by atoms with Crippen molar-refractivity contribution in [3.63, 3.8) is 0 Å². The number of carboxylic acid groups (broad SMARTS) is 1. The van der Waals surface area contributed by atoms with E-state index in [4.69, 9.17) is 9.47 Å². The molecule has 3 rings (SSSR count). The lowest BCUT2D eigenvalue weighted by Crippen LogP contribution is -2.01. The van der Waals surface area contributed by atoms with Gasteiger partial charge in [0.05, 0.1) is 30.0 Å². The van der Waals surface area contributed by atoms with Crippen molar-refractivity contribution in [2.24, 2.45) is 0 Å². The SMILES string of the molecule is CCOc1ccc(-c2cc(C(=O)O)c3cc(OCC)ccc3n2)cc1. The van der Waals surface area contributed by atoms with Gasteiger partial charge in [-0.1, -0.05) is 0 Å². The van der Waals surface area contributed by atoms with Crippen LogP contribution in [0.2, 0.25) is 0 Å². The first-order chi connectivity index (χ1) is 12.1. The smallest absolute Gasteiger partial charge is 0.336 e. The van der Waals surface area contributed by atoms with E-state index in [0.717, 1.165) is 11.3 Å². The monoisotopic (exact) mass is 337 g/mol. The highest BCUT2D eigenvalue weighted by molar-refractivity contribution is 6.04. The predicted octanol–water partition coefficient (Wildman–Crippen LogP) is 4.40. The summed E-state index contributed by atoms with van der Waals surface area (Å²) in [6, 6.07) is 14.3. The van der Waals surface area contributed by atoms with Crippen molar-refractivity contribution in [1.29, 1.82) is 0 Å². The van der Waals surface area contributed by atoms with Crippen LogP contribution < -0.4 is 9.47 Å². The number of carbonyl (C=O) groups is 1. The molecule has 0 atom stereocenters. The average molecular weight is 337 g/mol. The number of rotatable bonds is 6. The van der Waals surface area contributed by atoms with Crippen LogP contribution in [0.3, 0.4) is 0 Å². The van der Waals surface area contributed by atoms with Crippen molar-refractivity contribution >= 4 is 16.9 Å². The zero-order chi connectivity index (χ0) is 17.8. The molecule has 1 aromatic heterocycles. The minimum atomic E-state index is -0.992. The molecule has 5 heteroatoms. The van der Waals surface area contributed by atoms with Gasteiger partial charge < -0.3 is 14.6 Å². The van der Waals surface area contributed by atoms with E-state index in [2.05, 4.69) is 4.98 Å². The van der Waals surface area contributed by atoms with Crippen LogP contribution in [0, 0.1) is 0 Å². The van der Waals surface area contributed by atoms with Crippen molar-refractivity contribution in [2.45, 2.75) is 13.8 Å². The van der Waals surface area contributed by atoms with Gasteiger partial charge in [0.1, 0.15) is 11.5 Å². The molecule has 1 heterocycles. The van der Waals surface area contributed by atoms with Crippen LogP contribution in [0.1, 0.15) is 24.2 Å². The number of ether oxygens (including phenoxy) is 2. The molecule has 0 saturated carbocycles. The highest BCUT2D eigenvalue weighted by Gasteiger charge is 2.14. The molecule has 3 aromatic rings. The first kappa shape index (κ1) is 16.8. The Balaban J connectivity index is 2.10. The molecule has 0 aliphatic rings. The second-order valence-corrected chi connectivity index (χ2v) is 5.43. The number of pyridine rings is 1. The highest BCUT2D eigenvalue weighted by atomic mass is 16.5. The maximum atomic E-state index is 11.7. The van der Waals surface area contributed by atoms with Crippen molar-refractivity contribution in [3.8, 4) is 22.8 Å². The van der Waals surface area contributed by atoms with Crippen LogP contribution in [-0.4, -0.2) is 29.3 Å². The molecule has 0 unspecified atom stereocenters. The Hall–Kier alpha value is -3.08. The molecule has 0 fully saturated rings. The van der Waals surface area contributed by atoms with Gasteiger partial charge in [0.2, 0.25) is 0 Å². The Morgan fingerprint density at radius 1 is 0.960 bits per heavy atom. The first-order valence-electron chi connectivity index (χ1n) is 8.16. The molecule has 0 amide bonds. The van der Waals surface area contributed by atoms with E-state index >= 15 is 0 Å². The van der Waals surface area contributed by atoms with Gasteiger partial charge in [0.15, 0.2) is 0 Å². The number of nitrogens with zero attached hydrogens (tertiary/aromatic N) is 1. The minimum absolute atomic E-state index is 0.204. The summed E-state index contributed by atoms with van der Waals surface area (Å²) in [7, 11) is 0. The first-order valence-corrected chi connectivity index (χ1v) is 8.16. The number of hydrogen-bond acceptors (Lipinski definition) is 4. The molecule has 0 spiro atoms. The fourth-order valence-corrected chi connectivity index (χ4v) is 2.67. The maximum absolute atomic E-state index is 11.7. The van der Waals surface area contributed by atoms with Crippen molar-refractivity contribution in [2.75, 3.05) is 13.2 Å². The van der Waals surface area contributed by atoms with Crippen LogP contribution in [0.15, 0.2) is 48.5 Å². The lowest BCUT2D eigenvalue weighted by Gasteiger charge is -2.10. The summed E-state index contributed by atoms with van der Waals surface area (Å²) in [6.07, 6.45) is 0. The van der Waals surface area contributed by atoms with E-state index in [0.29, 0.717) is 35.6 Å². The number of aromatic nitrogens is 1. The second kappa shape index (κ2) is 7.21. The second-order valence-electron chi connectivity index (χ2n) is 5.43. The van der Waals surface area contributed by atoms with Crippen LogP contribution in [0.4, 0.5) is 0 Å². The van der Waals surface area contributed by atoms with Crippen LogP contribution >= 0.6 is 0 Å². The van der Waals surface area contributed by atoms with E-state index in [9.17, 15) is 9.90 Å². The molecule has 0 aliphatic heterocycles. The Labute approximate surface area is 145 Å². The summed E-state index contributed by atoms with van der Waals surface area (Å²) in [4.78, 5) is 16.3. The fourth-order valence-electron chi connectivity index (χ4n) is 2.67. The summed E-state index contributed by atoms with van der Waals surface area (Å²) in [5.41, 5.74) is 2.27. The quantitative estimate of drug-likeness (QED) is 0.722. The standard InChI is InChI=1S/C20H19NO4/c1-3-24-14-7-5-13(6-8-14)19-12-17(20(22)23)16-11-15(25-4-2)9-10-18(16)21-19/h5-12H,3-4H2,1-2H3,(H,22,23). The normalized spacial score (nSPS) is 10.6. The molecule has 2 aromatic carbocycles. The van der Waals surface area contributed by atoms with E-state index in [1.807, 2.05) is 38.1 Å². The molecule has 1 N–H and O–H groups in total. The number of aromatic carboxylic acids is 1. The molecule has 5 nitrogen and oxygen atoms in total. The van der Waals surface area contributed by atoms with Gasteiger partial charge in [-0.15, -0.1) is 0 Å². The Morgan fingerprint density at radius 3 is 2.24 bits per heavy atom. The Kier molecular flexibility index (Phi) is 4.84. The average Bonchev–Trinajstić information content (AvgIpc) is 2.62. The van der Waals surface area contributed by atoms with E-state index < -0.39 is 5.97 Å². The zero-order valence-electron chi connectivity index (χ0n) is 14.2. The Morgan fingerprint density at radius 2 is 1.60 bits per heavy atom. The summed E-state index contributed by atoms with van der Waals surface area (Å²) < 4.78 is 10.9. The third-order valence-corrected chi connectivity index (χ3v) is 3.78. The summed E-state index contributed by atoms with van der Waals surface area (Å²) in [5.74, 6) is 0.410. The van der Waals surface area contributed by atoms with Crippen LogP contribution in [0.25, 0.3) is 22.2 Å². The Bertz CT molecular complexity index is 903. The summed E-state index contributed by atoms with van der Waals surface area (Å²) in [5, 5.41) is 10.2. The topological polar surface area (TPSA) is 68.7 Å². The molecular formula is C20H19NO4. The van der Waals surface area contributed by atoms with Crippen molar-refractivity contribution < 1.29 is 19.4 Å². The van der Waals surface area contributed by atoms with E-state index in [-0.39, 0.29) is 5.56 Å². The molecule has 0 bridgehead atoms. The zero-order valence-corrected chi connectivity index (χ0v) is 14.2. The molecule has 0 saturated heterocycles. The van der Waals surface area contributed by atoms with Gasteiger partial charge in [0, 0.05) is 10.9 Å². The third kappa shape index (κ3) is 3.55. The van der Waals surface area contributed by atoms with Gasteiger partial charge in [0.25, 0.3) is 0 Å². The largest absolute Gasteiger partial charge is 0.494 e. The molecule has 0 radical (unpaired) electrons. The van der Waals surface area contributed by atoms with Gasteiger partial charge in [-0.05, 0) is 62.4 Å². The molecule has 0 aliphatic carbocycles. The van der Waals surface area contributed by atoms with Crippen molar-refractivity contribution in [3.05, 3.63) is 54.1 Å². The number of hydrogen-bond donors (Lipinski definition) is 1. The van der Waals surface area contributed by atoms with Crippen LogP contribution in [-0.2, 0) is 0 Å². The summed E-state index contributed by atoms with van der Waals surface area (Å²) in [6.45, 7) is 4.93. The predicted molar refractivity (Wildman–Crippen MR) is 96.5 cm³/mol. The molecule has 25 heavy (non-hydrogen) atoms. The number of benzene rings is 2. The van der Waals surface area contributed by atoms with E-state index in [1.165, 1.54) is 0 Å². The number of fused-ring (bicyclic) bond motifs is 1. The van der Waals surface area contributed by atoms with E-state index in [1.54, 1.807) is 24.3 Å². The molecule has 128 valence electrons. The van der Waals surface area contributed by atoms with Crippen molar-refractivity contribution in [1.82, 2.24) is 4.98 Å². The van der Waals surface area contributed by atoms with Gasteiger partial charge in [-0.2, -0.15) is 0 Å². The lowest BCUT2D eigenvalue weighted by molar-refractivity contribution is 0.0699. The van der Waals surface area contributed by atoms with Gasteiger partial charge in [-0.3, -0.25) is 0 Å². The van der Waals surface area contributed by atoms with Crippen LogP contribution in [0.5, 0.6) is 11.5 Å². The minimum Gasteiger partial charge on any atom is -0.494 e. The maximum Gasteiger partial charge on any atom is 0.336 e. The molecular weight excluding hydrogens is 318 g/mol. The van der Waals surface area contributed by atoms with Gasteiger partial charge in [-0.25, -0.2) is 9.78 Å². The lowest BCUT2D eigenvalue weighted by atomic mass is 10.0. The number of carboxylic acids is 1. The van der Waals surface area contributed by atoms with Gasteiger partial charge >= 0.3 is 5.97 Å².